The molecule has 0 atom stereocenters. The van der Waals surface area contributed by atoms with Gasteiger partial charge in [0, 0.05) is 17.5 Å². The fourth-order valence-electron chi connectivity index (χ4n) is 3.46. The number of imidazole rings is 1. The number of rotatable bonds is 5. The summed E-state index contributed by atoms with van der Waals surface area (Å²) < 4.78 is 12.4. The number of methoxy groups -OCH3 is 2. The van der Waals surface area contributed by atoms with Gasteiger partial charge >= 0.3 is 5.97 Å². The Labute approximate surface area is 192 Å². The number of carbonyl (C=O) groups excluding carboxylic acids is 1. The first-order valence-electron chi connectivity index (χ1n) is 9.45. The topological polar surface area (TPSA) is 106 Å². The van der Waals surface area contributed by atoms with Crippen molar-refractivity contribution >= 4 is 51.6 Å². The number of nitrogens with zero attached hydrogens (tertiary/aromatic N) is 4. The van der Waals surface area contributed by atoms with Gasteiger partial charge in [-0.05, 0) is 37.6 Å². The number of allylic oxidation sites excluding steroid dienone is 1. The lowest BCUT2D eigenvalue weighted by Crippen LogP contribution is -2.06. The minimum atomic E-state index is -0.461. The zero-order chi connectivity index (χ0) is 23.0. The minimum Gasteiger partial charge on any atom is -0.481 e. The predicted molar refractivity (Wildman–Crippen MR) is 123 cm³/mol. The standard InChI is InChI=1S/C22H18ClN5O3S/c1-11-5-13(12(2)28(11)21-15(22(29)31-4)7-18(23)32-21)6-14(9-24)20-26-16-8-19(30-3)25-10-17(16)27-20/h5-8,10H,1-4H3,(H,26,27)/b14-6+. The van der Waals surface area contributed by atoms with E-state index in [1.165, 1.54) is 25.6 Å². The SMILES string of the molecule is COC(=O)c1cc(Cl)sc1-n1c(C)cc(/C=C(\C#N)c2nc3cc(OC)ncc3[nH]2)c1C. The van der Waals surface area contributed by atoms with Crippen molar-refractivity contribution in [3.8, 4) is 17.0 Å². The molecule has 0 unspecified atom stereocenters. The second-order valence-electron chi connectivity index (χ2n) is 6.92. The Morgan fingerprint density at radius 2 is 2.09 bits per heavy atom. The van der Waals surface area contributed by atoms with E-state index < -0.39 is 5.97 Å². The number of esters is 1. The number of ether oxygens (including phenoxy) is 2. The molecule has 1 N–H and O–H groups in total. The summed E-state index contributed by atoms with van der Waals surface area (Å²) in [7, 11) is 2.86. The van der Waals surface area contributed by atoms with Crippen molar-refractivity contribution in [3.05, 3.63) is 57.1 Å². The second-order valence-corrected chi connectivity index (χ2v) is 8.58. The van der Waals surface area contributed by atoms with Crippen LogP contribution in [-0.4, -0.2) is 39.7 Å². The van der Waals surface area contributed by atoms with Crippen LogP contribution in [0.2, 0.25) is 4.34 Å². The average molecular weight is 468 g/mol. The number of thiophene rings is 1. The molecule has 0 saturated carbocycles. The third-order valence-electron chi connectivity index (χ3n) is 4.99. The molecule has 4 aromatic heterocycles. The molecule has 0 aliphatic heterocycles. The van der Waals surface area contributed by atoms with Crippen molar-refractivity contribution < 1.29 is 14.3 Å². The Kier molecular flexibility index (Phi) is 5.74. The number of aryl methyl sites for hydroxylation is 1. The highest BCUT2D eigenvalue weighted by Crippen LogP contribution is 2.34. The number of H-pyrrole nitrogens is 1. The molecule has 162 valence electrons. The van der Waals surface area contributed by atoms with E-state index in [4.69, 9.17) is 21.1 Å². The van der Waals surface area contributed by atoms with Crippen molar-refractivity contribution in [3.63, 3.8) is 0 Å². The Bertz CT molecular complexity index is 1420. The summed E-state index contributed by atoms with van der Waals surface area (Å²) in [5, 5.41) is 10.5. The second kappa shape index (κ2) is 8.49. The smallest absolute Gasteiger partial charge is 0.340 e. The molecule has 0 aliphatic carbocycles. The third kappa shape index (κ3) is 3.75. The van der Waals surface area contributed by atoms with Gasteiger partial charge in [0.2, 0.25) is 5.88 Å². The van der Waals surface area contributed by atoms with Crippen molar-refractivity contribution in [2.24, 2.45) is 0 Å². The molecule has 32 heavy (non-hydrogen) atoms. The van der Waals surface area contributed by atoms with Gasteiger partial charge in [0.25, 0.3) is 0 Å². The summed E-state index contributed by atoms with van der Waals surface area (Å²) in [6.07, 6.45) is 3.37. The molecule has 4 aromatic rings. The van der Waals surface area contributed by atoms with Gasteiger partial charge in [-0.1, -0.05) is 11.6 Å². The Balaban J connectivity index is 1.80. The van der Waals surface area contributed by atoms with Gasteiger partial charge in [-0.2, -0.15) is 5.26 Å². The third-order valence-corrected chi connectivity index (χ3v) is 6.24. The molecule has 4 rings (SSSR count). The maximum Gasteiger partial charge on any atom is 0.340 e. The molecule has 4 heterocycles. The van der Waals surface area contributed by atoms with Crippen molar-refractivity contribution in [1.82, 2.24) is 19.5 Å². The molecule has 0 fully saturated rings. The van der Waals surface area contributed by atoms with E-state index in [-0.39, 0.29) is 0 Å². The summed E-state index contributed by atoms with van der Waals surface area (Å²) in [5.41, 5.74) is 4.64. The van der Waals surface area contributed by atoms with Crippen molar-refractivity contribution in [2.75, 3.05) is 14.2 Å². The first-order chi connectivity index (χ1) is 15.4. The van der Waals surface area contributed by atoms with Gasteiger partial charge in [0.05, 0.1) is 46.9 Å². The van der Waals surface area contributed by atoms with Crippen LogP contribution in [0.1, 0.15) is 33.1 Å². The molecule has 0 bridgehead atoms. The van der Waals surface area contributed by atoms with E-state index in [0.717, 1.165) is 17.0 Å². The lowest BCUT2D eigenvalue weighted by atomic mass is 10.1. The highest BCUT2D eigenvalue weighted by molar-refractivity contribution is 7.18. The summed E-state index contributed by atoms with van der Waals surface area (Å²) in [6.45, 7) is 3.83. The summed E-state index contributed by atoms with van der Waals surface area (Å²) in [4.78, 5) is 24.0. The number of fused-ring (bicyclic) bond motifs is 1. The maximum absolute atomic E-state index is 12.2. The molecule has 0 aromatic carbocycles. The quantitative estimate of drug-likeness (QED) is 0.329. The van der Waals surface area contributed by atoms with Crippen LogP contribution in [-0.2, 0) is 4.74 Å². The van der Waals surface area contributed by atoms with Gasteiger partial charge in [0.1, 0.15) is 16.9 Å². The largest absolute Gasteiger partial charge is 0.481 e. The van der Waals surface area contributed by atoms with E-state index in [2.05, 4.69) is 21.0 Å². The number of nitrogens with one attached hydrogen (secondary N) is 1. The van der Waals surface area contributed by atoms with Gasteiger partial charge in [-0.25, -0.2) is 14.8 Å². The van der Waals surface area contributed by atoms with Crippen LogP contribution < -0.4 is 4.74 Å². The molecule has 0 spiro atoms. The van der Waals surface area contributed by atoms with Crippen molar-refractivity contribution in [1.29, 1.82) is 5.26 Å². The first-order valence-corrected chi connectivity index (χ1v) is 10.6. The highest BCUT2D eigenvalue weighted by atomic mass is 35.5. The Hall–Kier alpha value is -3.61. The molecule has 0 amide bonds. The lowest BCUT2D eigenvalue weighted by Gasteiger charge is -2.09. The van der Waals surface area contributed by atoms with Crippen LogP contribution in [0.5, 0.6) is 5.88 Å². The fourth-order valence-corrected chi connectivity index (χ4v) is 4.77. The van der Waals surface area contributed by atoms with Gasteiger partial charge < -0.3 is 19.0 Å². The molecule has 0 aliphatic rings. The number of pyridine rings is 1. The fraction of sp³-hybridized carbons (Fsp3) is 0.182. The number of aromatic nitrogens is 4. The zero-order valence-electron chi connectivity index (χ0n) is 17.7. The normalized spacial score (nSPS) is 11.6. The van der Waals surface area contributed by atoms with Crippen LogP contribution in [0.4, 0.5) is 0 Å². The van der Waals surface area contributed by atoms with Crippen molar-refractivity contribution in [2.45, 2.75) is 13.8 Å². The zero-order valence-corrected chi connectivity index (χ0v) is 19.3. The number of nitriles is 1. The van der Waals surface area contributed by atoms with E-state index in [9.17, 15) is 10.1 Å². The number of hydrogen-bond donors (Lipinski definition) is 1. The van der Waals surface area contributed by atoms with Crippen LogP contribution >= 0.6 is 22.9 Å². The monoisotopic (exact) mass is 467 g/mol. The highest BCUT2D eigenvalue weighted by Gasteiger charge is 2.21. The van der Waals surface area contributed by atoms with E-state index in [1.807, 2.05) is 24.5 Å². The van der Waals surface area contributed by atoms with Gasteiger partial charge in [-0.15, -0.1) is 11.3 Å². The summed E-state index contributed by atoms with van der Waals surface area (Å²) in [5.74, 6) is 0.408. The van der Waals surface area contributed by atoms with Crippen LogP contribution in [0.25, 0.3) is 27.7 Å². The van der Waals surface area contributed by atoms with Crippen LogP contribution in [0, 0.1) is 25.2 Å². The molecular weight excluding hydrogens is 450 g/mol. The van der Waals surface area contributed by atoms with E-state index >= 15 is 0 Å². The number of hydrogen-bond acceptors (Lipinski definition) is 7. The van der Waals surface area contributed by atoms with Crippen LogP contribution in [0.3, 0.4) is 0 Å². The first kappa shape index (κ1) is 21.6. The minimum absolute atomic E-state index is 0.359. The summed E-state index contributed by atoms with van der Waals surface area (Å²) in [6, 6.07) is 7.44. The number of aromatic amines is 1. The predicted octanol–water partition coefficient (Wildman–Crippen LogP) is 4.94. The number of halogens is 1. The average Bonchev–Trinajstić information content (AvgIpc) is 3.45. The van der Waals surface area contributed by atoms with E-state index in [1.54, 1.807) is 24.4 Å². The lowest BCUT2D eigenvalue weighted by molar-refractivity contribution is 0.0601. The Morgan fingerprint density at radius 1 is 1.31 bits per heavy atom. The molecule has 0 radical (unpaired) electrons. The van der Waals surface area contributed by atoms with E-state index in [0.29, 0.717) is 43.2 Å². The van der Waals surface area contributed by atoms with Crippen LogP contribution in [0.15, 0.2) is 24.4 Å². The van der Waals surface area contributed by atoms with Gasteiger partial charge in [0.15, 0.2) is 0 Å². The summed E-state index contributed by atoms with van der Waals surface area (Å²) >= 11 is 7.48. The maximum atomic E-state index is 12.2. The van der Waals surface area contributed by atoms with Gasteiger partial charge in [-0.3, -0.25) is 0 Å². The molecule has 0 saturated heterocycles. The number of carbonyl (C=O) groups is 1. The molecule has 10 heteroatoms. The Morgan fingerprint density at radius 3 is 2.78 bits per heavy atom. The molecular formula is C22H18ClN5O3S. The molecule has 8 nitrogen and oxygen atoms in total.